The number of hydrogen-bond donors (Lipinski definition) is 1. The van der Waals surface area contributed by atoms with Gasteiger partial charge in [0, 0.05) is 11.1 Å². The molecule has 0 saturated carbocycles. The topological polar surface area (TPSA) is 68.3 Å². The highest BCUT2D eigenvalue weighted by molar-refractivity contribution is 5.98. The smallest absolute Gasteiger partial charge is 0.356 e. The van der Waals surface area contributed by atoms with Gasteiger partial charge in [0.2, 0.25) is 6.41 Å². The molecule has 0 saturated heterocycles. The first-order chi connectivity index (χ1) is 8.76. The second-order valence-corrected chi connectivity index (χ2v) is 3.55. The molecule has 0 unspecified atom stereocenters. The molecule has 2 rings (SSSR count). The van der Waals surface area contributed by atoms with E-state index in [1.165, 1.54) is 0 Å². The molecule has 0 atom stereocenters. The third-order valence-electron chi connectivity index (χ3n) is 2.43. The number of benzene rings is 1. The number of ether oxygens (including phenoxy) is 1. The number of carbonyl (C=O) groups is 2. The highest BCUT2D eigenvalue weighted by Gasteiger charge is 2.09. The van der Waals surface area contributed by atoms with Crippen molar-refractivity contribution in [2.45, 2.75) is 6.92 Å². The van der Waals surface area contributed by atoms with Gasteiger partial charge in [-0.15, -0.1) is 0 Å². The van der Waals surface area contributed by atoms with Crippen LogP contribution in [0.15, 0.2) is 30.3 Å². The first-order valence-corrected chi connectivity index (χ1v) is 5.53. The molecule has 1 aromatic heterocycles. The van der Waals surface area contributed by atoms with Crippen LogP contribution in [0.3, 0.4) is 0 Å². The molecule has 1 N–H and O–H groups in total. The molecule has 1 heterocycles. The van der Waals surface area contributed by atoms with Crippen molar-refractivity contribution >= 4 is 29.0 Å². The maximum Gasteiger partial charge on any atom is 0.356 e. The second-order valence-electron chi connectivity index (χ2n) is 3.55. The lowest BCUT2D eigenvalue weighted by Crippen LogP contribution is -2.07. The van der Waals surface area contributed by atoms with Crippen LogP contribution in [-0.2, 0) is 9.53 Å². The molecule has 0 radical (unpaired) electrons. The van der Waals surface area contributed by atoms with Gasteiger partial charge in [0.25, 0.3) is 0 Å². The van der Waals surface area contributed by atoms with Crippen LogP contribution in [0.25, 0.3) is 10.9 Å². The Morgan fingerprint density at radius 1 is 1.39 bits per heavy atom. The van der Waals surface area contributed by atoms with Crippen molar-refractivity contribution < 1.29 is 14.3 Å². The summed E-state index contributed by atoms with van der Waals surface area (Å²) in [4.78, 5) is 26.2. The predicted octanol–water partition coefficient (Wildman–Crippen LogP) is 1.98. The van der Waals surface area contributed by atoms with Crippen LogP contribution < -0.4 is 5.32 Å². The molecule has 92 valence electrons. The quantitative estimate of drug-likeness (QED) is 0.659. The van der Waals surface area contributed by atoms with Gasteiger partial charge in [0.1, 0.15) is 5.69 Å². The molecular weight excluding hydrogens is 232 g/mol. The summed E-state index contributed by atoms with van der Waals surface area (Å²) in [5, 5.41) is 3.36. The van der Waals surface area contributed by atoms with Crippen LogP contribution in [0.2, 0.25) is 0 Å². The molecule has 1 amide bonds. The van der Waals surface area contributed by atoms with E-state index in [0.29, 0.717) is 24.2 Å². The van der Waals surface area contributed by atoms with Crippen molar-refractivity contribution in [3.63, 3.8) is 0 Å². The number of anilines is 1. The minimum absolute atomic E-state index is 0.257. The Balaban J connectivity index is 2.46. The van der Waals surface area contributed by atoms with Gasteiger partial charge in [-0.2, -0.15) is 0 Å². The van der Waals surface area contributed by atoms with E-state index < -0.39 is 5.97 Å². The SMILES string of the molecule is CCOC(=O)c1ccc2c(NC=O)cccc2n1. The summed E-state index contributed by atoms with van der Waals surface area (Å²) >= 11 is 0. The lowest BCUT2D eigenvalue weighted by atomic mass is 10.1. The van der Waals surface area contributed by atoms with Gasteiger partial charge >= 0.3 is 5.97 Å². The number of aromatic nitrogens is 1. The number of rotatable bonds is 4. The number of nitrogens with one attached hydrogen (secondary N) is 1. The van der Waals surface area contributed by atoms with Crippen molar-refractivity contribution in [3.8, 4) is 0 Å². The van der Waals surface area contributed by atoms with Gasteiger partial charge in [0.05, 0.1) is 12.1 Å². The summed E-state index contributed by atoms with van der Waals surface area (Å²) < 4.78 is 4.88. The number of fused-ring (bicyclic) bond motifs is 1. The van der Waals surface area contributed by atoms with Crippen molar-refractivity contribution in [1.82, 2.24) is 4.98 Å². The van der Waals surface area contributed by atoms with E-state index in [0.717, 1.165) is 5.39 Å². The zero-order chi connectivity index (χ0) is 13.0. The molecule has 5 heteroatoms. The average Bonchev–Trinajstić information content (AvgIpc) is 2.39. The zero-order valence-electron chi connectivity index (χ0n) is 9.84. The lowest BCUT2D eigenvalue weighted by Gasteiger charge is -2.06. The van der Waals surface area contributed by atoms with Gasteiger partial charge in [0.15, 0.2) is 0 Å². The molecule has 0 aliphatic carbocycles. The molecule has 2 aromatic rings. The molecular formula is C13H12N2O3. The molecule has 5 nitrogen and oxygen atoms in total. The number of pyridine rings is 1. The number of esters is 1. The van der Waals surface area contributed by atoms with Crippen molar-refractivity contribution in [2.24, 2.45) is 0 Å². The monoisotopic (exact) mass is 244 g/mol. The van der Waals surface area contributed by atoms with Crippen molar-refractivity contribution in [2.75, 3.05) is 11.9 Å². The van der Waals surface area contributed by atoms with Crippen LogP contribution in [0.5, 0.6) is 0 Å². The fraction of sp³-hybridized carbons (Fsp3) is 0.154. The lowest BCUT2D eigenvalue weighted by molar-refractivity contribution is -0.105. The summed E-state index contributed by atoms with van der Waals surface area (Å²) in [7, 11) is 0. The fourth-order valence-corrected chi connectivity index (χ4v) is 1.66. The third-order valence-corrected chi connectivity index (χ3v) is 2.43. The molecule has 0 bridgehead atoms. The fourth-order valence-electron chi connectivity index (χ4n) is 1.66. The number of nitrogens with zero attached hydrogens (tertiary/aromatic N) is 1. The standard InChI is InChI=1S/C13H12N2O3/c1-2-18-13(17)12-7-6-9-10(14-8-16)4-3-5-11(9)15-12/h3-8H,2H2,1H3,(H,14,16). The highest BCUT2D eigenvalue weighted by Crippen LogP contribution is 2.21. The van der Waals surface area contributed by atoms with Crippen LogP contribution in [0.1, 0.15) is 17.4 Å². The Kier molecular flexibility index (Phi) is 3.52. The Morgan fingerprint density at radius 2 is 2.22 bits per heavy atom. The first-order valence-electron chi connectivity index (χ1n) is 5.53. The van der Waals surface area contributed by atoms with Crippen molar-refractivity contribution in [3.05, 3.63) is 36.0 Å². The van der Waals surface area contributed by atoms with Crippen molar-refractivity contribution in [1.29, 1.82) is 0 Å². The van der Waals surface area contributed by atoms with Gasteiger partial charge in [-0.25, -0.2) is 9.78 Å². The third kappa shape index (κ3) is 2.29. The summed E-state index contributed by atoms with van der Waals surface area (Å²) in [6.07, 6.45) is 0.605. The average molecular weight is 244 g/mol. The minimum Gasteiger partial charge on any atom is -0.461 e. The van der Waals surface area contributed by atoms with E-state index in [1.807, 2.05) is 0 Å². The molecule has 0 spiro atoms. The zero-order valence-corrected chi connectivity index (χ0v) is 9.84. The van der Waals surface area contributed by atoms with Gasteiger partial charge < -0.3 is 10.1 Å². The maximum absolute atomic E-state index is 11.5. The van der Waals surface area contributed by atoms with Crippen LogP contribution >= 0.6 is 0 Å². The Bertz CT molecular complexity index is 596. The van der Waals surface area contributed by atoms with E-state index in [9.17, 15) is 9.59 Å². The number of amides is 1. The Morgan fingerprint density at radius 3 is 2.94 bits per heavy atom. The van der Waals surface area contributed by atoms with Gasteiger partial charge in [-0.05, 0) is 31.2 Å². The van der Waals surface area contributed by atoms with Gasteiger partial charge in [-0.3, -0.25) is 4.79 Å². The van der Waals surface area contributed by atoms with Gasteiger partial charge in [-0.1, -0.05) is 6.07 Å². The molecule has 0 aliphatic heterocycles. The van der Waals surface area contributed by atoms with E-state index in [4.69, 9.17) is 4.74 Å². The van der Waals surface area contributed by atoms with Crippen LogP contribution in [0.4, 0.5) is 5.69 Å². The van der Waals surface area contributed by atoms with E-state index in [1.54, 1.807) is 37.3 Å². The molecule has 0 fully saturated rings. The molecule has 18 heavy (non-hydrogen) atoms. The van der Waals surface area contributed by atoms with E-state index in [-0.39, 0.29) is 5.69 Å². The minimum atomic E-state index is -0.451. The summed E-state index contributed by atoms with van der Waals surface area (Å²) in [5.41, 5.74) is 1.55. The second kappa shape index (κ2) is 5.27. The summed E-state index contributed by atoms with van der Waals surface area (Å²) in [6.45, 7) is 2.05. The number of carbonyl (C=O) groups excluding carboxylic acids is 2. The molecule has 1 aromatic carbocycles. The van der Waals surface area contributed by atoms with E-state index >= 15 is 0 Å². The summed E-state index contributed by atoms with van der Waals surface area (Å²) in [6, 6.07) is 8.61. The summed E-state index contributed by atoms with van der Waals surface area (Å²) in [5.74, 6) is -0.451. The normalized spacial score (nSPS) is 10.1. The Labute approximate surface area is 104 Å². The van der Waals surface area contributed by atoms with E-state index in [2.05, 4.69) is 10.3 Å². The predicted molar refractivity (Wildman–Crippen MR) is 67.4 cm³/mol. The number of hydrogen-bond acceptors (Lipinski definition) is 4. The first kappa shape index (κ1) is 12.0. The van der Waals surface area contributed by atoms with Crippen LogP contribution in [-0.4, -0.2) is 24.0 Å². The Hall–Kier alpha value is -2.43. The highest BCUT2D eigenvalue weighted by atomic mass is 16.5. The van der Waals surface area contributed by atoms with Crippen LogP contribution in [0, 0.1) is 0 Å². The largest absolute Gasteiger partial charge is 0.461 e. The molecule has 0 aliphatic rings. The maximum atomic E-state index is 11.5.